The second-order valence-electron chi connectivity index (χ2n) is 16.0. The fourth-order valence-corrected chi connectivity index (χ4v) is 7.29. The van der Waals surface area contributed by atoms with Crippen LogP contribution in [-0.2, 0) is 0 Å². The van der Waals surface area contributed by atoms with Gasteiger partial charge in [0.2, 0.25) is 0 Å². The van der Waals surface area contributed by atoms with Crippen LogP contribution in [0.5, 0.6) is 0 Å². The lowest BCUT2D eigenvalue weighted by molar-refractivity contribution is 1.53. The summed E-state index contributed by atoms with van der Waals surface area (Å²) in [6.45, 7) is 0. The maximum absolute atomic E-state index is 2.17. The summed E-state index contributed by atoms with van der Waals surface area (Å²) in [4.78, 5) is 0. The molecule has 0 aliphatic heterocycles. The third kappa shape index (κ3) is 11.9. The van der Waals surface area contributed by atoms with E-state index in [1.165, 1.54) is 83.5 Å². The van der Waals surface area contributed by atoms with Gasteiger partial charge in [0.25, 0.3) is 0 Å². The van der Waals surface area contributed by atoms with E-state index >= 15 is 0 Å². The summed E-state index contributed by atoms with van der Waals surface area (Å²) in [5, 5.41) is 18.7. The lowest BCUT2D eigenvalue weighted by atomic mass is 10.2. The van der Waals surface area contributed by atoms with Gasteiger partial charge in [-0.05, 0) is 83.5 Å². The van der Waals surface area contributed by atoms with Crippen molar-refractivity contribution in [2.24, 2.45) is 0 Å². The molecule has 0 heterocycles. The lowest BCUT2D eigenvalue weighted by Gasteiger charge is -1.90. The Morgan fingerprint density at radius 1 is 0.0781 bits per heavy atom. The zero-order valence-electron chi connectivity index (χ0n) is 35.7. The molecule has 13 aliphatic carbocycles. The number of benzene rings is 8. The Labute approximate surface area is 373 Å². The SMILES string of the molecule is C1=c2ccc(cc2)=CC=c2ccc(cc2)=CC=c2ccc(cc2)=CC=c2ccc(cc2)=CC=c2ccc(cc2)=CC=c2ccc(cc2)=CC=c2ccc(cc2)=CC=c2ccc(cc2)=C1. The van der Waals surface area contributed by atoms with Crippen molar-refractivity contribution in [2.75, 3.05) is 0 Å². The van der Waals surface area contributed by atoms with Crippen molar-refractivity contribution < 1.29 is 0 Å². The van der Waals surface area contributed by atoms with Crippen LogP contribution in [-0.4, -0.2) is 0 Å². The Hall–Kier alpha value is -8.32. The van der Waals surface area contributed by atoms with E-state index < -0.39 is 0 Å². The van der Waals surface area contributed by atoms with E-state index in [0.717, 1.165) is 0 Å². The molecule has 0 N–H and O–H groups in total. The van der Waals surface area contributed by atoms with Crippen molar-refractivity contribution in [2.45, 2.75) is 0 Å². The molecule has 0 saturated carbocycles. The smallest absolute Gasteiger partial charge is 0.0256 e. The fraction of sp³-hybridized carbons (Fsp3) is 0. The maximum atomic E-state index is 2.17. The van der Waals surface area contributed by atoms with Gasteiger partial charge in [0.05, 0.1) is 0 Å². The van der Waals surface area contributed by atoms with Gasteiger partial charge in [-0.1, -0.05) is 291 Å². The molecule has 64 heavy (non-hydrogen) atoms. The summed E-state index contributed by atoms with van der Waals surface area (Å²) in [5.74, 6) is 0. The minimum atomic E-state index is 1.17. The van der Waals surface area contributed by atoms with Gasteiger partial charge < -0.3 is 0 Å². The predicted molar refractivity (Wildman–Crippen MR) is 277 cm³/mol. The highest BCUT2D eigenvalue weighted by molar-refractivity contribution is 5.67. The first kappa shape index (κ1) is 41.1. The first-order valence-corrected chi connectivity index (χ1v) is 21.9. The second kappa shape index (κ2) is 20.5. The zero-order valence-corrected chi connectivity index (χ0v) is 35.7. The first-order valence-electron chi connectivity index (χ1n) is 21.9. The Morgan fingerprint density at radius 3 is 0.172 bits per heavy atom. The molecule has 8 aromatic carbocycles. The topological polar surface area (TPSA) is 0 Å². The quantitative estimate of drug-likeness (QED) is 0.220. The molecular formula is C64H48. The van der Waals surface area contributed by atoms with Gasteiger partial charge in [-0.25, -0.2) is 0 Å². The van der Waals surface area contributed by atoms with Crippen LogP contribution in [0.4, 0.5) is 0 Å². The van der Waals surface area contributed by atoms with E-state index in [0.29, 0.717) is 0 Å². The zero-order chi connectivity index (χ0) is 43.2. The number of hydrogen-bond acceptors (Lipinski definition) is 0. The van der Waals surface area contributed by atoms with Gasteiger partial charge in [0.1, 0.15) is 0 Å². The molecule has 0 heteroatoms. The van der Waals surface area contributed by atoms with Crippen LogP contribution in [0.2, 0.25) is 0 Å². The van der Waals surface area contributed by atoms with Gasteiger partial charge in [0, 0.05) is 0 Å². The minimum Gasteiger partial charge on any atom is -0.0544 e. The van der Waals surface area contributed by atoms with E-state index in [1.807, 2.05) is 0 Å². The average Bonchev–Trinajstić information content (AvgIpc) is 3.36. The largest absolute Gasteiger partial charge is 0.0544 e. The summed E-state index contributed by atoms with van der Waals surface area (Å²) in [5.41, 5.74) is 0. The molecule has 8 aromatic rings. The Morgan fingerprint density at radius 2 is 0.125 bits per heavy atom. The third-order valence-electron chi connectivity index (χ3n) is 11.2. The summed E-state index contributed by atoms with van der Waals surface area (Å²) < 4.78 is 0. The van der Waals surface area contributed by atoms with Crippen LogP contribution in [0.25, 0.3) is 97.2 Å². The third-order valence-corrected chi connectivity index (χ3v) is 11.2. The Balaban J connectivity index is 1.01. The molecule has 13 aliphatic rings. The number of rotatable bonds is 0. The standard InChI is InChI=1S/C64H48/c1-2-50-4-3-49(1)33-34-51-5-7-53(8-6-51)37-38-55-13-15-57(16-14-55)41-42-59-21-23-61(24-22-59)45-46-63-29-31-64(32-30-63)48-47-62-27-25-60(26-28-62)44-43-58-19-17-56(18-20-58)40-39-54-11-9-52(10-12-54)36-35-50/h1-48H. The highest BCUT2D eigenvalue weighted by Gasteiger charge is 1.88. The molecular weight excluding hydrogens is 769 g/mol. The normalized spacial score (nSPS) is 12.5. The van der Waals surface area contributed by atoms with E-state index in [9.17, 15) is 0 Å². The van der Waals surface area contributed by atoms with Crippen LogP contribution in [0.15, 0.2) is 194 Å². The number of hydrogen-bond donors (Lipinski definition) is 0. The molecule has 0 spiro atoms. The van der Waals surface area contributed by atoms with Gasteiger partial charge in [-0.15, -0.1) is 0 Å². The van der Waals surface area contributed by atoms with Crippen LogP contribution in [0, 0.1) is 0 Å². The molecule has 21 rings (SSSR count). The molecule has 16 bridgehead atoms. The molecule has 0 aromatic heterocycles. The molecule has 0 unspecified atom stereocenters. The highest BCUT2D eigenvalue weighted by atomic mass is 13.9. The molecule has 0 fully saturated rings. The average molecular weight is 817 g/mol. The Kier molecular flexibility index (Phi) is 13.1. The molecule has 0 amide bonds. The first-order chi connectivity index (χ1) is 31.6. The van der Waals surface area contributed by atoms with Crippen molar-refractivity contribution in [3.8, 4) is 0 Å². The van der Waals surface area contributed by atoms with E-state index in [-0.39, 0.29) is 0 Å². The van der Waals surface area contributed by atoms with Crippen LogP contribution >= 0.6 is 0 Å². The monoisotopic (exact) mass is 816 g/mol. The predicted octanol–water partition coefficient (Wildman–Crippen LogP) is 2.09. The summed E-state index contributed by atoms with van der Waals surface area (Å²) in [7, 11) is 0. The minimum absolute atomic E-state index is 1.17. The van der Waals surface area contributed by atoms with Crippen LogP contribution < -0.4 is 83.5 Å². The van der Waals surface area contributed by atoms with Crippen molar-refractivity contribution in [3.05, 3.63) is 278 Å². The fourth-order valence-electron chi connectivity index (χ4n) is 7.29. The molecule has 0 saturated heterocycles. The van der Waals surface area contributed by atoms with Crippen LogP contribution in [0.1, 0.15) is 0 Å². The van der Waals surface area contributed by atoms with Gasteiger partial charge in [-0.2, -0.15) is 0 Å². The van der Waals surface area contributed by atoms with Crippen LogP contribution in [0.3, 0.4) is 0 Å². The van der Waals surface area contributed by atoms with Crippen molar-refractivity contribution in [1.29, 1.82) is 0 Å². The van der Waals surface area contributed by atoms with Crippen molar-refractivity contribution >= 4 is 97.2 Å². The summed E-state index contributed by atoms with van der Waals surface area (Å²) >= 11 is 0. The lowest BCUT2D eigenvalue weighted by Crippen LogP contribution is -2.10. The summed E-state index contributed by atoms with van der Waals surface area (Å²) in [6, 6.07) is 69.3. The van der Waals surface area contributed by atoms with Gasteiger partial charge >= 0.3 is 0 Å². The van der Waals surface area contributed by atoms with Gasteiger partial charge in [-0.3, -0.25) is 0 Å². The maximum Gasteiger partial charge on any atom is -0.0256 e. The molecule has 0 nitrogen and oxygen atoms in total. The van der Waals surface area contributed by atoms with Crippen molar-refractivity contribution in [3.63, 3.8) is 0 Å². The van der Waals surface area contributed by atoms with E-state index in [1.54, 1.807) is 0 Å². The van der Waals surface area contributed by atoms with E-state index in [4.69, 9.17) is 0 Å². The Bertz CT molecular complexity index is 2820. The molecule has 304 valence electrons. The van der Waals surface area contributed by atoms with Crippen molar-refractivity contribution in [1.82, 2.24) is 0 Å². The molecule has 0 atom stereocenters. The van der Waals surface area contributed by atoms with E-state index in [2.05, 4.69) is 291 Å². The van der Waals surface area contributed by atoms with Gasteiger partial charge in [0.15, 0.2) is 0 Å². The molecule has 0 radical (unpaired) electrons. The highest BCUT2D eigenvalue weighted by Crippen LogP contribution is 1.84. The second-order valence-corrected chi connectivity index (χ2v) is 16.0. The summed E-state index contributed by atoms with van der Waals surface area (Å²) in [6.07, 6.45) is 34.6.